The lowest BCUT2D eigenvalue weighted by Crippen LogP contribution is -2.47. The molecule has 3 nitrogen and oxygen atoms in total. The van der Waals surface area contributed by atoms with Gasteiger partial charge in [0.25, 0.3) is 0 Å². The molecule has 1 heterocycles. The van der Waals surface area contributed by atoms with Crippen LogP contribution in [0.5, 0.6) is 0 Å². The Balaban J connectivity index is 1.50. The predicted molar refractivity (Wildman–Crippen MR) is 99.3 cm³/mol. The number of hydrogen-bond acceptors (Lipinski definition) is 2. The summed E-state index contributed by atoms with van der Waals surface area (Å²) in [6, 6.07) is 19.0. The maximum absolute atomic E-state index is 12.3. The number of carbonyl (C=O) groups excluding carboxylic acids is 1. The third kappa shape index (κ3) is 4.38. The molecule has 0 bridgehead atoms. The van der Waals surface area contributed by atoms with Gasteiger partial charge >= 0.3 is 0 Å². The van der Waals surface area contributed by atoms with E-state index >= 15 is 0 Å². The van der Waals surface area contributed by atoms with Gasteiger partial charge in [-0.05, 0) is 49.4 Å². The summed E-state index contributed by atoms with van der Waals surface area (Å²) in [4.78, 5) is 14.7. The number of carbonyl (C=O) groups is 1. The molecule has 1 saturated heterocycles. The van der Waals surface area contributed by atoms with Crippen LogP contribution >= 0.6 is 0 Å². The molecule has 0 aromatic heterocycles. The number of benzene rings is 2. The van der Waals surface area contributed by atoms with Crippen molar-refractivity contribution in [3.8, 4) is 0 Å². The van der Waals surface area contributed by atoms with Crippen LogP contribution in [0, 0.1) is 6.92 Å². The minimum Gasteiger partial charge on any atom is -0.369 e. The van der Waals surface area contributed by atoms with Crippen LogP contribution in [0.2, 0.25) is 0 Å². The lowest BCUT2D eigenvalue weighted by atomic mass is 10.0. The number of piperidine rings is 1. The highest BCUT2D eigenvalue weighted by Gasteiger charge is 2.21. The average molecular weight is 322 g/mol. The lowest BCUT2D eigenvalue weighted by Gasteiger charge is -2.34. The van der Waals surface area contributed by atoms with Crippen LogP contribution < -0.4 is 10.2 Å². The number of hydrogen-bond donors (Lipinski definition) is 1. The first kappa shape index (κ1) is 16.6. The van der Waals surface area contributed by atoms with Crippen LogP contribution in [0.25, 0.3) is 0 Å². The zero-order chi connectivity index (χ0) is 16.8. The number of nitrogens with one attached hydrogen (secondary N) is 1. The van der Waals surface area contributed by atoms with Gasteiger partial charge in [-0.15, -0.1) is 0 Å². The molecule has 2 aromatic carbocycles. The summed E-state index contributed by atoms with van der Waals surface area (Å²) >= 11 is 0. The lowest BCUT2D eigenvalue weighted by molar-refractivity contribution is -0.121. The molecular formula is C21H26N2O. The van der Waals surface area contributed by atoms with Gasteiger partial charge in [0.2, 0.25) is 5.91 Å². The molecule has 0 saturated carbocycles. The second kappa shape index (κ2) is 8.00. The topological polar surface area (TPSA) is 32.3 Å². The van der Waals surface area contributed by atoms with Crippen molar-refractivity contribution in [2.75, 3.05) is 18.0 Å². The zero-order valence-electron chi connectivity index (χ0n) is 14.4. The highest BCUT2D eigenvalue weighted by molar-refractivity contribution is 5.76. The molecule has 0 spiro atoms. The first-order chi connectivity index (χ1) is 11.7. The van der Waals surface area contributed by atoms with Gasteiger partial charge in [-0.3, -0.25) is 4.79 Å². The van der Waals surface area contributed by atoms with Crippen molar-refractivity contribution < 1.29 is 4.79 Å². The third-order valence-electron chi connectivity index (χ3n) is 4.79. The molecule has 1 atom stereocenters. The fraction of sp³-hybridized carbons (Fsp3) is 0.381. The molecule has 1 aliphatic heterocycles. The van der Waals surface area contributed by atoms with Crippen LogP contribution in [0.15, 0.2) is 54.6 Å². The highest BCUT2D eigenvalue weighted by atomic mass is 16.1. The molecule has 1 fully saturated rings. The normalized spacial score (nSPS) is 17.5. The molecule has 126 valence electrons. The van der Waals surface area contributed by atoms with Crippen LogP contribution in [0.1, 0.15) is 30.4 Å². The van der Waals surface area contributed by atoms with E-state index in [9.17, 15) is 4.79 Å². The standard InChI is InChI=1S/C21H26N2O/c1-17-8-5-6-9-18(17)13-14-21(24)22-19-10-7-15-23(16-19)20-11-3-2-4-12-20/h2-6,8-9,11-12,19H,7,10,13-16H2,1H3,(H,22,24). The molecular weight excluding hydrogens is 296 g/mol. The zero-order valence-corrected chi connectivity index (χ0v) is 14.4. The second-order valence-corrected chi connectivity index (χ2v) is 6.61. The van der Waals surface area contributed by atoms with E-state index in [0.29, 0.717) is 6.42 Å². The van der Waals surface area contributed by atoms with Gasteiger partial charge in [-0.1, -0.05) is 42.5 Å². The Morgan fingerprint density at radius 1 is 1.12 bits per heavy atom. The Morgan fingerprint density at radius 3 is 2.67 bits per heavy atom. The molecule has 1 aliphatic rings. The number of aryl methyl sites for hydroxylation is 2. The number of para-hydroxylation sites is 1. The van der Waals surface area contributed by atoms with Gasteiger partial charge < -0.3 is 10.2 Å². The summed E-state index contributed by atoms with van der Waals surface area (Å²) in [7, 11) is 0. The Morgan fingerprint density at radius 2 is 1.88 bits per heavy atom. The second-order valence-electron chi connectivity index (χ2n) is 6.61. The van der Waals surface area contributed by atoms with Crippen molar-refractivity contribution in [3.63, 3.8) is 0 Å². The molecule has 0 aliphatic carbocycles. The average Bonchev–Trinajstić information content (AvgIpc) is 2.62. The fourth-order valence-electron chi connectivity index (χ4n) is 3.41. The van der Waals surface area contributed by atoms with Gasteiger partial charge in [-0.25, -0.2) is 0 Å². The summed E-state index contributed by atoms with van der Waals surface area (Å²) in [5.41, 5.74) is 3.77. The van der Waals surface area contributed by atoms with Gasteiger partial charge in [-0.2, -0.15) is 0 Å². The van der Waals surface area contributed by atoms with E-state index in [-0.39, 0.29) is 11.9 Å². The third-order valence-corrected chi connectivity index (χ3v) is 4.79. The van der Waals surface area contributed by atoms with E-state index in [2.05, 4.69) is 53.5 Å². The van der Waals surface area contributed by atoms with Crippen LogP contribution in [-0.4, -0.2) is 25.0 Å². The molecule has 3 rings (SSSR count). The van der Waals surface area contributed by atoms with Crippen molar-refractivity contribution in [2.24, 2.45) is 0 Å². The number of anilines is 1. The van der Waals surface area contributed by atoms with Crippen molar-refractivity contribution in [3.05, 3.63) is 65.7 Å². The van der Waals surface area contributed by atoms with E-state index in [1.807, 2.05) is 18.2 Å². The maximum Gasteiger partial charge on any atom is 0.220 e. The summed E-state index contributed by atoms with van der Waals surface area (Å²) in [5, 5.41) is 3.23. The minimum atomic E-state index is 0.165. The van der Waals surface area contributed by atoms with Crippen molar-refractivity contribution in [1.29, 1.82) is 0 Å². The van der Waals surface area contributed by atoms with E-state index in [0.717, 1.165) is 32.4 Å². The fourth-order valence-corrected chi connectivity index (χ4v) is 3.41. The molecule has 1 N–H and O–H groups in total. The molecule has 2 aromatic rings. The van der Waals surface area contributed by atoms with Gasteiger partial charge in [0, 0.05) is 31.2 Å². The molecule has 0 radical (unpaired) electrons. The molecule has 1 unspecified atom stereocenters. The van der Waals surface area contributed by atoms with E-state index in [1.165, 1.54) is 16.8 Å². The summed E-state index contributed by atoms with van der Waals surface area (Å²) < 4.78 is 0. The van der Waals surface area contributed by atoms with Crippen LogP contribution in [0.3, 0.4) is 0 Å². The summed E-state index contributed by atoms with van der Waals surface area (Å²) in [6.45, 7) is 4.08. The maximum atomic E-state index is 12.3. The summed E-state index contributed by atoms with van der Waals surface area (Å²) in [6.07, 6.45) is 3.57. The van der Waals surface area contributed by atoms with Gasteiger partial charge in [0.15, 0.2) is 0 Å². The highest BCUT2D eigenvalue weighted by Crippen LogP contribution is 2.19. The van der Waals surface area contributed by atoms with Gasteiger partial charge in [0.1, 0.15) is 0 Å². The Hall–Kier alpha value is -2.29. The SMILES string of the molecule is Cc1ccccc1CCC(=O)NC1CCCN(c2ccccc2)C1. The minimum absolute atomic E-state index is 0.165. The largest absolute Gasteiger partial charge is 0.369 e. The van der Waals surface area contributed by atoms with Crippen LogP contribution in [-0.2, 0) is 11.2 Å². The Labute approximate surface area is 144 Å². The molecule has 24 heavy (non-hydrogen) atoms. The van der Waals surface area contributed by atoms with Crippen molar-refractivity contribution >= 4 is 11.6 Å². The van der Waals surface area contributed by atoms with E-state index < -0.39 is 0 Å². The number of nitrogens with zero attached hydrogens (tertiary/aromatic N) is 1. The summed E-state index contributed by atoms with van der Waals surface area (Å²) in [5.74, 6) is 0.165. The van der Waals surface area contributed by atoms with E-state index in [4.69, 9.17) is 0 Å². The quantitative estimate of drug-likeness (QED) is 0.910. The van der Waals surface area contributed by atoms with E-state index in [1.54, 1.807) is 0 Å². The first-order valence-corrected chi connectivity index (χ1v) is 8.86. The Kier molecular flexibility index (Phi) is 5.52. The Bertz CT molecular complexity index is 669. The van der Waals surface area contributed by atoms with Crippen molar-refractivity contribution in [1.82, 2.24) is 5.32 Å². The van der Waals surface area contributed by atoms with Crippen molar-refractivity contribution in [2.45, 2.75) is 38.6 Å². The smallest absolute Gasteiger partial charge is 0.220 e. The number of amides is 1. The molecule has 3 heteroatoms. The van der Waals surface area contributed by atoms with Gasteiger partial charge in [0.05, 0.1) is 0 Å². The number of rotatable bonds is 5. The molecule has 1 amide bonds. The monoisotopic (exact) mass is 322 g/mol. The predicted octanol–water partition coefficient (Wildman–Crippen LogP) is 3.71. The van der Waals surface area contributed by atoms with Crippen LogP contribution in [0.4, 0.5) is 5.69 Å². The first-order valence-electron chi connectivity index (χ1n) is 8.86.